The molecule has 0 aromatic heterocycles. The summed E-state index contributed by atoms with van der Waals surface area (Å²) < 4.78 is 5.03. The van der Waals surface area contributed by atoms with Crippen LogP contribution >= 0.6 is 0 Å². The molecular formula is C9H16O2. The molecule has 0 N–H and O–H groups in total. The van der Waals surface area contributed by atoms with Crippen molar-refractivity contribution in [2.24, 2.45) is 5.92 Å². The second-order valence-electron chi connectivity index (χ2n) is 2.84. The Hall–Kier alpha value is -0.790. The molecule has 0 fully saturated rings. The molecule has 0 heterocycles. The number of hydrogen-bond donors (Lipinski definition) is 0. The van der Waals surface area contributed by atoms with Gasteiger partial charge in [0.15, 0.2) is 0 Å². The van der Waals surface area contributed by atoms with E-state index in [0.717, 1.165) is 0 Å². The fourth-order valence-corrected chi connectivity index (χ4v) is 0.779. The molecule has 0 spiro atoms. The third-order valence-electron chi connectivity index (χ3n) is 1.34. The Morgan fingerprint density at radius 3 is 2.27 bits per heavy atom. The molecule has 2 heteroatoms. The van der Waals surface area contributed by atoms with E-state index in [1.807, 2.05) is 32.9 Å². The molecule has 0 amide bonds. The number of carbonyl (C=O) groups excluding carboxylic acids is 1. The van der Waals surface area contributed by atoms with E-state index in [-0.39, 0.29) is 12.1 Å². The summed E-state index contributed by atoms with van der Waals surface area (Å²) in [5.74, 6) is 0.122. The Morgan fingerprint density at radius 2 is 2.00 bits per heavy atom. The summed E-state index contributed by atoms with van der Waals surface area (Å²) in [6, 6.07) is 0. The van der Waals surface area contributed by atoms with E-state index in [0.29, 0.717) is 5.92 Å². The molecular weight excluding hydrogens is 140 g/mol. The molecule has 0 saturated heterocycles. The van der Waals surface area contributed by atoms with Gasteiger partial charge in [-0.25, -0.2) is 0 Å². The van der Waals surface area contributed by atoms with E-state index in [1.54, 1.807) is 0 Å². The lowest BCUT2D eigenvalue weighted by molar-refractivity contribution is -0.145. The summed E-state index contributed by atoms with van der Waals surface area (Å²) in [4.78, 5) is 10.6. The summed E-state index contributed by atoms with van der Waals surface area (Å²) >= 11 is 0. The van der Waals surface area contributed by atoms with Crippen LogP contribution in [0.5, 0.6) is 0 Å². The Bertz CT molecular complexity index is 148. The van der Waals surface area contributed by atoms with Crippen LogP contribution in [0.3, 0.4) is 0 Å². The highest BCUT2D eigenvalue weighted by molar-refractivity contribution is 5.66. The van der Waals surface area contributed by atoms with Gasteiger partial charge in [0, 0.05) is 6.92 Å². The van der Waals surface area contributed by atoms with E-state index in [4.69, 9.17) is 4.74 Å². The standard InChI is InChI=1S/C9H16O2/c1-5-6-9(7(2)3)11-8(4)10/h5-7,9H,1-4H3/b6-5-. The van der Waals surface area contributed by atoms with E-state index in [2.05, 4.69) is 0 Å². The molecule has 0 rings (SSSR count). The van der Waals surface area contributed by atoms with Gasteiger partial charge in [0.25, 0.3) is 0 Å². The van der Waals surface area contributed by atoms with Crippen LogP contribution in [0.15, 0.2) is 12.2 Å². The van der Waals surface area contributed by atoms with Crippen molar-refractivity contribution in [1.29, 1.82) is 0 Å². The largest absolute Gasteiger partial charge is 0.458 e. The van der Waals surface area contributed by atoms with Crippen LogP contribution in [0.1, 0.15) is 27.7 Å². The Balaban J connectivity index is 4.00. The van der Waals surface area contributed by atoms with Gasteiger partial charge in [0.2, 0.25) is 0 Å². The molecule has 2 nitrogen and oxygen atoms in total. The van der Waals surface area contributed by atoms with Crippen LogP contribution in [-0.2, 0) is 9.53 Å². The first-order chi connectivity index (χ1) is 5.07. The third-order valence-corrected chi connectivity index (χ3v) is 1.34. The molecule has 0 aromatic rings. The predicted molar refractivity (Wildman–Crippen MR) is 45.2 cm³/mol. The van der Waals surface area contributed by atoms with Crippen molar-refractivity contribution >= 4 is 5.97 Å². The average Bonchev–Trinajstić information content (AvgIpc) is 1.86. The fraction of sp³-hybridized carbons (Fsp3) is 0.667. The van der Waals surface area contributed by atoms with Gasteiger partial charge >= 0.3 is 5.97 Å². The topological polar surface area (TPSA) is 26.3 Å². The number of carbonyl (C=O) groups is 1. The third kappa shape index (κ3) is 4.59. The maximum atomic E-state index is 10.6. The zero-order valence-electron chi connectivity index (χ0n) is 7.63. The molecule has 0 saturated carbocycles. The van der Waals surface area contributed by atoms with Gasteiger partial charge in [-0.15, -0.1) is 0 Å². The Morgan fingerprint density at radius 1 is 1.45 bits per heavy atom. The van der Waals surface area contributed by atoms with E-state index in [1.165, 1.54) is 6.92 Å². The van der Waals surface area contributed by atoms with Crippen molar-refractivity contribution in [3.63, 3.8) is 0 Å². The zero-order chi connectivity index (χ0) is 8.85. The van der Waals surface area contributed by atoms with Gasteiger partial charge in [0.05, 0.1) is 0 Å². The summed E-state index contributed by atoms with van der Waals surface area (Å²) in [6.07, 6.45) is 3.72. The smallest absolute Gasteiger partial charge is 0.303 e. The molecule has 64 valence electrons. The maximum absolute atomic E-state index is 10.6. The van der Waals surface area contributed by atoms with Crippen molar-refractivity contribution in [1.82, 2.24) is 0 Å². The molecule has 11 heavy (non-hydrogen) atoms. The summed E-state index contributed by atoms with van der Waals surface area (Å²) in [5.41, 5.74) is 0. The minimum Gasteiger partial charge on any atom is -0.458 e. The van der Waals surface area contributed by atoms with Crippen molar-refractivity contribution in [2.45, 2.75) is 33.8 Å². The lowest BCUT2D eigenvalue weighted by Gasteiger charge is -2.16. The summed E-state index contributed by atoms with van der Waals surface area (Å²) in [5, 5.41) is 0. The van der Waals surface area contributed by atoms with Gasteiger partial charge < -0.3 is 4.74 Å². The average molecular weight is 156 g/mol. The van der Waals surface area contributed by atoms with Gasteiger partial charge in [-0.3, -0.25) is 4.79 Å². The molecule has 0 aromatic carbocycles. The first-order valence-corrected chi connectivity index (χ1v) is 3.88. The van der Waals surface area contributed by atoms with Crippen molar-refractivity contribution in [2.75, 3.05) is 0 Å². The van der Waals surface area contributed by atoms with Gasteiger partial charge in [0.1, 0.15) is 6.10 Å². The van der Waals surface area contributed by atoms with E-state index >= 15 is 0 Å². The van der Waals surface area contributed by atoms with Crippen molar-refractivity contribution < 1.29 is 9.53 Å². The maximum Gasteiger partial charge on any atom is 0.303 e. The molecule has 0 aliphatic heterocycles. The minimum absolute atomic E-state index is 0.0718. The molecule has 0 bridgehead atoms. The van der Waals surface area contributed by atoms with Crippen LogP contribution < -0.4 is 0 Å². The normalized spacial score (nSPS) is 13.9. The Labute approximate surface area is 68.2 Å². The van der Waals surface area contributed by atoms with Gasteiger partial charge in [-0.1, -0.05) is 19.9 Å². The predicted octanol–water partition coefficient (Wildman–Crippen LogP) is 2.15. The van der Waals surface area contributed by atoms with Crippen LogP contribution in [0.4, 0.5) is 0 Å². The SMILES string of the molecule is C/C=C\C(OC(C)=O)C(C)C. The second kappa shape index (κ2) is 4.94. The van der Waals surface area contributed by atoms with Crippen molar-refractivity contribution in [3.8, 4) is 0 Å². The zero-order valence-corrected chi connectivity index (χ0v) is 7.63. The quantitative estimate of drug-likeness (QED) is 0.462. The first kappa shape index (κ1) is 10.2. The lowest BCUT2D eigenvalue weighted by atomic mass is 10.1. The monoisotopic (exact) mass is 156 g/mol. The van der Waals surface area contributed by atoms with Crippen LogP contribution in [0.25, 0.3) is 0 Å². The van der Waals surface area contributed by atoms with Gasteiger partial charge in [-0.2, -0.15) is 0 Å². The van der Waals surface area contributed by atoms with E-state index in [9.17, 15) is 4.79 Å². The number of esters is 1. The van der Waals surface area contributed by atoms with Crippen LogP contribution in [0, 0.1) is 5.92 Å². The van der Waals surface area contributed by atoms with Crippen LogP contribution in [0.2, 0.25) is 0 Å². The van der Waals surface area contributed by atoms with Gasteiger partial charge in [-0.05, 0) is 18.9 Å². The highest BCUT2D eigenvalue weighted by Gasteiger charge is 2.11. The molecule has 1 atom stereocenters. The lowest BCUT2D eigenvalue weighted by Crippen LogP contribution is -2.19. The highest BCUT2D eigenvalue weighted by atomic mass is 16.5. The Kier molecular flexibility index (Phi) is 4.59. The number of rotatable bonds is 3. The number of allylic oxidation sites excluding steroid dienone is 1. The first-order valence-electron chi connectivity index (χ1n) is 3.88. The molecule has 1 unspecified atom stereocenters. The number of ether oxygens (including phenoxy) is 1. The molecule has 0 aliphatic rings. The molecule has 0 aliphatic carbocycles. The minimum atomic E-state index is -0.221. The fourth-order valence-electron chi connectivity index (χ4n) is 0.779. The molecule has 0 radical (unpaired) electrons. The van der Waals surface area contributed by atoms with Crippen LogP contribution in [-0.4, -0.2) is 12.1 Å². The summed E-state index contributed by atoms with van der Waals surface area (Å²) in [7, 11) is 0. The summed E-state index contributed by atoms with van der Waals surface area (Å²) in [6.45, 7) is 7.39. The second-order valence-corrected chi connectivity index (χ2v) is 2.84. The van der Waals surface area contributed by atoms with E-state index < -0.39 is 0 Å². The number of hydrogen-bond acceptors (Lipinski definition) is 2. The van der Waals surface area contributed by atoms with Crippen molar-refractivity contribution in [3.05, 3.63) is 12.2 Å². The highest BCUT2D eigenvalue weighted by Crippen LogP contribution is 2.07.